The van der Waals surface area contributed by atoms with E-state index >= 15 is 0 Å². The minimum atomic E-state index is -1.80. The quantitative estimate of drug-likeness (QED) is 0.106. The molecule has 0 bridgehead atoms. The van der Waals surface area contributed by atoms with Crippen molar-refractivity contribution < 1.29 is 19.1 Å². The molecule has 0 aliphatic carbocycles. The third-order valence-electron chi connectivity index (χ3n) is 4.78. The summed E-state index contributed by atoms with van der Waals surface area (Å²) in [7, 11) is 2.58. The van der Waals surface area contributed by atoms with Gasteiger partial charge in [0.25, 0.3) is 0 Å². The van der Waals surface area contributed by atoms with Crippen LogP contribution in [0, 0.1) is 0 Å². The van der Waals surface area contributed by atoms with Gasteiger partial charge in [-0.25, -0.2) is 4.79 Å². The number of esters is 1. The molecule has 2 aliphatic rings. The monoisotopic (exact) mass is 596 g/mol. The van der Waals surface area contributed by atoms with Gasteiger partial charge in [0.15, 0.2) is 6.04 Å². The number of nitrogens with one attached hydrogen (secondary N) is 1. The van der Waals surface area contributed by atoms with Gasteiger partial charge >= 0.3 is 5.97 Å². The molecule has 1 aromatic rings. The van der Waals surface area contributed by atoms with Crippen molar-refractivity contribution in [2.75, 3.05) is 6.61 Å². The molecule has 8 nitrogen and oxygen atoms in total. The van der Waals surface area contributed by atoms with Gasteiger partial charge in [0, 0.05) is 6.21 Å². The van der Waals surface area contributed by atoms with Crippen LogP contribution in [0.4, 0.5) is 0 Å². The molecular formula is C21H23Cl3N4O4S3. The summed E-state index contributed by atoms with van der Waals surface area (Å²) in [6.07, 6.45) is 1.92. The fourth-order valence-corrected chi connectivity index (χ4v) is 7.18. The van der Waals surface area contributed by atoms with E-state index in [9.17, 15) is 14.4 Å². The first kappa shape index (κ1) is 28.3. The van der Waals surface area contributed by atoms with Gasteiger partial charge in [-0.15, -0.1) is 0 Å². The smallest absolute Gasteiger partial charge is 0.333 e. The van der Waals surface area contributed by atoms with Crippen molar-refractivity contribution in [2.45, 2.75) is 46.8 Å². The van der Waals surface area contributed by atoms with Gasteiger partial charge in [0.1, 0.15) is 18.0 Å². The Balaban J connectivity index is 1.74. The number of alkyl halides is 3. The number of β-lactam (4-membered cyclic amide) rings is 1. The third kappa shape index (κ3) is 7.87. The Morgan fingerprint density at radius 3 is 2.57 bits per heavy atom. The minimum Gasteiger partial charge on any atom is -0.459 e. The molecule has 3 rings (SSSR count). The average molecular weight is 598 g/mol. The van der Waals surface area contributed by atoms with Gasteiger partial charge in [0.05, 0.1) is 22.7 Å². The number of hydrazone groups is 1. The molecule has 2 amide bonds. The maximum absolute atomic E-state index is 13.2. The number of likely N-dealkylation sites (tertiary alicyclic amines) is 1. The van der Waals surface area contributed by atoms with Crippen molar-refractivity contribution in [3.8, 4) is 0 Å². The van der Waals surface area contributed by atoms with Crippen LogP contribution in [0.15, 0.2) is 47.6 Å². The summed E-state index contributed by atoms with van der Waals surface area (Å²) < 4.78 is 5.05. The number of hydrogen-bond acceptors (Lipinski definition) is 9. The summed E-state index contributed by atoms with van der Waals surface area (Å²) in [5, 5.41) is 6.68. The lowest BCUT2D eigenvalue weighted by atomic mass is 9.99. The predicted molar refractivity (Wildman–Crippen MR) is 145 cm³/mol. The zero-order valence-corrected chi connectivity index (χ0v) is 23.4. The Kier molecular flexibility index (Phi) is 9.98. The Morgan fingerprint density at radius 1 is 1.31 bits per heavy atom. The van der Waals surface area contributed by atoms with E-state index in [2.05, 4.69) is 17.0 Å². The molecule has 0 aromatic heterocycles. The zero-order chi connectivity index (χ0) is 25.8. The lowest BCUT2D eigenvalue weighted by Gasteiger charge is -2.49. The van der Waals surface area contributed by atoms with Crippen LogP contribution in [0.5, 0.6) is 0 Å². The van der Waals surface area contributed by atoms with Crippen molar-refractivity contribution in [1.29, 1.82) is 0 Å². The minimum absolute atomic E-state index is 0.119. The van der Waals surface area contributed by atoms with Crippen LogP contribution in [0.1, 0.15) is 19.4 Å². The number of rotatable bonds is 10. The van der Waals surface area contributed by atoms with E-state index in [1.165, 1.54) is 38.6 Å². The second-order valence-corrected chi connectivity index (χ2v) is 14.0. The molecule has 1 N–H and O–H groups in total. The molecule has 0 spiro atoms. The molecule has 4 atom stereocenters. The number of ether oxygens (including phenoxy) is 1. The first-order valence-electron chi connectivity index (χ1n) is 10.3. The molecule has 14 heteroatoms. The lowest BCUT2D eigenvalue weighted by molar-refractivity contribution is -0.162. The van der Waals surface area contributed by atoms with E-state index in [1.807, 2.05) is 37.3 Å². The molecular weight excluding hydrogens is 575 g/mol. The number of benzene rings is 1. The maximum Gasteiger partial charge on any atom is 0.333 e. The summed E-state index contributed by atoms with van der Waals surface area (Å²) in [5.74, 6) is -1.52. The van der Waals surface area contributed by atoms with Gasteiger partial charge < -0.3 is 15.0 Å². The highest BCUT2D eigenvalue weighted by Gasteiger charge is 2.54. The van der Waals surface area contributed by atoms with Crippen molar-refractivity contribution in [3.05, 3.63) is 48.0 Å². The Labute approximate surface area is 231 Å². The maximum atomic E-state index is 13.2. The van der Waals surface area contributed by atoms with Crippen LogP contribution in [-0.2, 0) is 25.5 Å². The molecule has 0 radical (unpaired) electrons. The third-order valence-corrected chi connectivity index (χ3v) is 8.88. The van der Waals surface area contributed by atoms with E-state index in [-0.39, 0.29) is 17.6 Å². The predicted octanol–water partition coefficient (Wildman–Crippen LogP) is 4.37. The SMILES string of the molecule is C=C(C)C(C(=O)OCC(Cl)(Cl)Cl)N1C(=O)C(NC(=O)Cc2ccccc2)C1SSN1N=CC(C)S1. The second kappa shape index (κ2) is 12.3. The highest BCUT2D eigenvalue weighted by Crippen LogP contribution is 2.45. The zero-order valence-electron chi connectivity index (χ0n) is 18.7. The van der Waals surface area contributed by atoms with Crippen LogP contribution in [0.3, 0.4) is 0 Å². The van der Waals surface area contributed by atoms with Crippen molar-refractivity contribution >= 4 is 92.5 Å². The molecule has 0 saturated carbocycles. The Bertz CT molecular complexity index is 996. The number of carbonyl (C=O) groups is 3. The van der Waals surface area contributed by atoms with Crippen LogP contribution in [0.2, 0.25) is 0 Å². The van der Waals surface area contributed by atoms with Crippen molar-refractivity contribution in [1.82, 2.24) is 14.0 Å². The number of amides is 2. The number of carbonyl (C=O) groups excluding carboxylic acids is 3. The van der Waals surface area contributed by atoms with Gasteiger partial charge in [-0.2, -0.15) is 8.92 Å². The molecule has 4 unspecified atom stereocenters. The first-order chi connectivity index (χ1) is 16.5. The van der Waals surface area contributed by atoms with Crippen LogP contribution in [0.25, 0.3) is 0 Å². The lowest BCUT2D eigenvalue weighted by Crippen LogP contribution is -2.73. The number of nitrogens with zero attached hydrogens (tertiary/aromatic N) is 3. The van der Waals surface area contributed by atoms with Gasteiger partial charge in [-0.3, -0.25) is 9.59 Å². The summed E-state index contributed by atoms with van der Waals surface area (Å²) in [5.41, 5.74) is 1.19. The van der Waals surface area contributed by atoms with Gasteiger partial charge in [-0.1, -0.05) is 71.7 Å². The van der Waals surface area contributed by atoms with E-state index in [0.717, 1.165) is 5.56 Å². The number of halogens is 3. The fourth-order valence-electron chi connectivity index (χ4n) is 3.25. The largest absolute Gasteiger partial charge is 0.459 e. The van der Waals surface area contributed by atoms with Crippen molar-refractivity contribution in [3.63, 3.8) is 0 Å². The van der Waals surface area contributed by atoms with E-state index in [0.29, 0.717) is 5.57 Å². The first-order valence-corrected chi connectivity index (χ1v) is 14.5. The molecule has 2 heterocycles. The summed E-state index contributed by atoms with van der Waals surface area (Å²) >= 11 is 18.6. The van der Waals surface area contributed by atoms with Gasteiger partial charge in [-0.05, 0) is 47.7 Å². The van der Waals surface area contributed by atoms with E-state index < -0.39 is 39.7 Å². The molecule has 1 fully saturated rings. The molecule has 2 aliphatic heterocycles. The average Bonchev–Trinajstić information content (AvgIpc) is 3.20. The highest BCUT2D eigenvalue weighted by atomic mass is 35.6. The van der Waals surface area contributed by atoms with Crippen molar-refractivity contribution in [2.24, 2.45) is 5.10 Å². The molecule has 1 saturated heterocycles. The van der Waals surface area contributed by atoms with Gasteiger partial charge in [0.2, 0.25) is 15.6 Å². The highest BCUT2D eigenvalue weighted by molar-refractivity contribution is 8.77. The summed E-state index contributed by atoms with van der Waals surface area (Å²) in [6, 6.07) is 7.24. The standard InChI is InChI=1S/C21H23Cl3N4O4S3/c1-12(2)17(20(31)32-11-21(22,23)24)27-18(30)16(19(27)34-35-28-25-10-13(3)33-28)26-15(29)9-14-7-5-4-6-8-14/h4-8,10,13,16-17,19H,1,9,11H2,2-3H3,(H,26,29). The fraction of sp³-hybridized carbons (Fsp3) is 0.429. The topological polar surface area (TPSA) is 91.3 Å². The Hall–Kier alpha value is -1.24. The second-order valence-electron chi connectivity index (χ2n) is 7.80. The van der Waals surface area contributed by atoms with Crippen LogP contribution in [-0.4, -0.2) is 65.8 Å². The molecule has 1 aromatic carbocycles. The van der Waals surface area contributed by atoms with Crippen LogP contribution >= 0.6 is 68.5 Å². The molecule has 35 heavy (non-hydrogen) atoms. The molecule has 190 valence electrons. The summed E-state index contributed by atoms with van der Waals surface area (Å²) in [4.78, 5) is 40.0. The van der Waals surface area contributed by atoms with E-state index in [4.69, 9.17) is 39.5 Å². The van der Waals surface area contributed by atoms with E-state index in [1.54, 1.807) is 17.0 Å². The van der Waals surface area contributed by atoms with Crippen LogP contribution < -0.4 is 5.32 Å². The normalized spacial score (nSPS) is 22.5. The summed E-state index contributed by atoms with van der Waals surface area (Å²) in [6.45, 7) is 6.97. The number of hydrogen-bond donors (Lipinski definition) is 1. The Morgan fingerprint density at radius 2 is 2.00 bits per heavy atom.